The molecule has 0 aliphatic rings. The lowest BCUT2D eigenvalue weighted by molar-refractivity contribution is -0.113. The molecule has 3 aromatic rings. The standard InChI is InChI=1S/C22H26N4OS/c1-16(2)14-26-20(13-18-10-5-4-6-11-18)24-25-22(26)28-15-21(27)23-19-12-8-7-9-17(19)3/h4-12,16H,13-15H2,1-3H3,(H,23,27). The van der Waals surface area contributed by atoms with Crippen molar-refractivity contribution in [3.63, 3.8) is 0 Å². The molecule has 3 rings (SSSR count). The van der Waals surface area contributed by atoms with Gasteiger partial charge >= 0.3 is 0 Å². The molecule has 0 aliphatic carbocycles. The number of aryl methyl sites for hydroxylation is 1. The number of hydrogen-bond donors (Lipinski definition) is 1. The van der Waals surface area contributed by atoms with Gasteiger partial charge in [-0.3, -0.25) is 4.79 Å². The highest BCUT2D eigenvalue weighted by Gasteiger charge is 2.16. The molecular formula is C22H26N4OS. The van der Waals surface area contributed by atoms with E-state index in [1.807, 2.05) is 49.4 Å². The summed E-state index contributed by atoms with van der Waals surface area (Å²) in [5.41, 5.74) is 3.10. The number of nitrogens with zero attached hydrogens (tertiary/aromatic N) is 3. The van der Waals surface area contributed by atoms with Crippen LogP contribution in [0.4, 0.5) is 5.69 Å². The molecule has 0 atom stereocenters. The Morgan fingerprint density at radius 2 is 1.79 bits per heavy atom. The molecule has 0 spiro atoms. The van der Waals surface area contributed by atoms with Gasteiger partial charge in [-0.05, 0) is 30.0 Å². The number of carbonyl (C=O) groups is 1. The van der Waals surface area contributed by atoms with E-state index < -0.39 is 0 Å². The average molecular weight is 395 g/mol. The number of thioether (sulfide) groups is 1. The Morgan fingerprint density at radius 1 is 1.07 bits per heavy atom. The lowest BCUT2D eigenvalue weighted by Crippen LogP contribution is -2.16. The van der Waals surface area contributed by atoms with Crippen molar-refractivity contribution in [3.05, 3.63) is 71.5 Å². The van der Waals surface area contributed by atoms with Crippen molar-refractivity contribution in [2.24, 2.45) is 5.92 Å². The van der Waals surface area contributed by atoms with Crippen LogP contribution in [0.1, 0.15) is 30.8 Å². The first-order chi connectivity index (χ1) is 13.5. The second-order valence-corrected chi connectivity index (χ2v) is 8.16. The highest BCUT2D eigenvalue weighted by molar-refractivity contribution is 7.99. The van der Waals surface area contributed by atoms with E-state index >= 15 is 0 Å². The summed E-state index contributed by atoms with van der Waals surface area (Å²) in [6, 6.07) is 18.0. The Balaban J connectivity index is 1.69. The number of amides is 1. The summed E-state index contributed by atoms with van der Waals surface area (Å²) >= 11 is 1.43. The number of anilines is 1. The van der Waals surface area contributed by atoms with Crippen molar-refractivity contribution < 1.29 is 4.79 Å². The van der Waals surface area contributed by atoms with Crippen molar-refractivity contribution in [2.45, 2.75) is 38.9 Å². The van der Waals surface area contributed by atoms with Crippen molar-refractivity contribution in [2.75, 3.05) is 11.1 Å². The van der Waals surface area contributed by atoms with Crippen LogP contribution < -0.4 is 5.32 Å². The quantitative estimate of drug-likeness (QED) is 0.569. The first-order valence-corrected chi connectivity index (χ1v) is 10.5. The molecule has 1 aromatic heterocycles. The fourth-order valence-corrected chi connectivity index (χ4v) is 3.68. The second-order valence-electron chi connectivity index (χ2n) is 7.22. The molecule has 1 amide bonds. The number of rotatable bonds is 8. The van der Waals surface area contributed by atoms with E-state index in [9.17, 15) is 4.79 Å². The molecule has 0 bridgehead atoms. The van der Waals surface area contributed by atoms with E-state index in [2.05, 4.69) is 46.1 Å². The predicted octanol–water partition coefficient (Wildman–Crippen LogP) is 4.56. The van der Waals surface area contributed by atoms with Crippen LogP contribution in [-0.4, -0.2) is 26.4 Å². The highest BCUT2D eigenvalue weighted by Crippen LogP contribution is 2.21. The van der Waals surface area contributed by atoms with Crippen LogP contribution in [0.5, 0.6) is 0 Å². The van der Waals surface area contributed by atoms with Crippen LogP contribution in [0.2, 0.25) is 0 Å². The normalized spacial score (nSPS) is 11.0. The third-order valence-electron chi connectivity index (χ3n) is 4.30. The van der Waals surface area contributed by atoms with Gasteiger partial charge in [-0.15, -0.1) is 10.2 Å². The maximum Gasteiger partial charge on any atom is 0.234 e. The summed E-state index contributed by atoms with van der Waals surface area (Å²) in [5.74, 6) is 1.66. The van der Waals surface area contributed by atoms with Gasteiger partial charge in [0.05, 0.1) is 5.75 Å². The molecule has 0 unspecified atom stereocenters. The van der Waals surface area contributed by atoms with E-state index in [0.29, 0.717) is 11.7 Å². The van der Waals surface area contributed by atoms with Crippen LogP contribution in [0, 0.1) is 12.8 Å². The van der Waals surface area contributed by atoms with E-state index in [-0.39, 0.29) is 5.91 Å². The molecule has 0 saturated heterocycles. The van der Waals surface area contributed by atoms with Crippen LogP contribution >= 0.6 is 11.8 Å². The fraction of sp³-hybridized carbons (Fsp3) is 0.318. The zero-order valence-electron chi connectivity index (χ0n) is 16.6. The third kappa shape index (κ3) is 5.45. The maximum absolute atomic E-state index is 12.4. The van der Waals surface area contributed by atoms with Gasteiger partial charge in [0.2, 0.25) is 5.91 Å². The molecule has 28 heavy (non-hydrogen) atoms. The van der Waals surface area contributed by atoms with Gasteiger partial charge < -0.3 is 9.88 Å². The maximum atomic E-state index is 12.4. The van der Waals surface area contributed by atoms with Crippen LogP contribution in [0.3, 0.4) is 0 Å². The van der Waals surface area contributed by atoms with E-state index in [0.717, 1.165) is 35.2 Å². The van der Waals surface area contributed by atoms with Gasteiger partial charge in [0.15, 0.2) is 5.16 Å². The largest absolute Gasteiger partial charge is 0.325 e. The minimum absolute atomic E-state index is 0.0389. The zero-order valence-corrected chi connectivity index (χ0v) is 17.4. The molecule has 146 valence electrons. The van der Waals surface area contributed by atoms with Gasteiger partial charge in [-0.25, -0.2) is 0 Å². The molecule has 0 saturated carbocycles. The summed E-state index contributed by atoms with van der Waals surface area (Å²) in [6.45, 7) is 7.16. The minimum Gasteiger partial charge on any atom is -0.325 e. The topological polar surface area (TPSA) is 59.8 Å². The monoisotopic (exact) mass is 394 g/mol. The molecular weight excluding hydrogens is 368 g/mol. The molecule has 1 heterocycles. The summed E-state index contributed by atoms with van der Waals surface area (Å²) in [4.78, 5) is 12.4. The molecule has 5 nitrogen and oxygen atoms in total. The fourth-order valence-electron chi connectivity index (χ4n) is 2.91. The Hall–Kier alpha value is -2.60. The predicted molar refractivity (Wildman–Crippen MR) is 115 cm³/mol. The van der Waals surface area contributed by atoms with Gasteiger partial charge in [-0.1, -0.05) is 74.1 Å². The molecule has 1 N–H and O–H groups in total. The number of para-hydroxylation sites is 1. The summed E-state index contributed by atoms with van der Waals surface area (Å²) in [5, 5.41) is 12.5. The number of nitrogens with one attached hydrogen (secondary N) is 1. The first-order valence-electron chi connectivity index (χ1n) is 9.47. The number of hydrogen-bond acceptors (Lipinski definition) is 4. The van der Waals surface area contributed by atoms with E-state index in [1.165, 1.54) is 17.3 Å². The van der Waals surface area contributed by atoms with Crippen molar-refractivity contribution >= 4 is 23.4 Å². The summed E-state index contributed by atoms with van der Waals surface area (Å²) < 4.78 is 2.14. The van der Waals surface area contributed by atoms with E-state index in [1.54, 1.807) is 0 Å². The SMILES string of the molecule is Cc1ccccc1NC(=O)CSc1nnc(Cc2ccccc2)n1CC(C)C. The molecule has 2 aromatic carbocycles. The number of aromatic nitrogens is 3. The average Bonchev–Trinajstić information content (AvgIpc) is 3.03. The number of benzene rings is 2. The Labute approximate surface area is 170 Å². The summed E-state index contributed by atoms with van der Waals surface area (Å²) in [7, 11) is 0. The number of carbonyl (C=O) groups excluding carboxylic acids is 1. The molecule has 6 heteroatoms. The Bertz CT molecular complexity index is 921. The molecule has 0 radical (unpaired) electrons. The Kier molecular flexibility index (Phi) is 6.87. The highest BCUT2D eigenvalue weighted by atomic mass is 32.2. The van der Waals surface area contributed by atoms with E-state index in [4.69, 9.17) is 0 Å². The lowest BCUT2D eigenvalue weighted by atomic mass is 10.1. The van der Waals surface area contributed by atoms with Crippen molar-refractivity contribution in [3.8, 4) is 0 Å². The second kappa shape index (κ2) is 9.55. The first kappa shape index (κ1) is 20.1. The minimum atomic E-state index is -0.0389. The smallest absolute Gasteiger partial charge is 0.234 e. The summed E-state index contributed by atoms with van der Waals surface area (Å²) in [6.07, 6.45) is 0.733. The van der Waals surface area contributed by atoms with Crippen molar-refractivity contribution in [1.29, 1.82) is 0 Å². The van der Waals surface area contributed by atoms with Gasteiger partial charge in [0.25, 0.3) is 0 Å². The van der Waals surface area contributed by atoms with Crippen LogP contribution in [0.15, 0.2) is 59.8 Å². The third-order valence-corrected chi connectivity index (χ3v) is 5.26. The zero-order chi connectivity index (χ0) is 19.9. The van der Waals surface area contributed by atoms with Crippen LogP contribution in [-0.2, 0) is 17.8 Å². The molecule has 0 fully saturated rings. The van der Waals surface area contributed by atoms with Gasteiger partial charge in [0, 0.05) is 18.7 Å². The van der Waals surface area contributed by atoms with Crippen molar-refractivity contribution in [1.82, 2.24) is 14.8 Å². The lowest BCUT2D eigenvalue weighted by Gasteiger charge is -2.13. The molecule has 0 aliphatic heterocycles. The Morgan fingerprint density at radius 3 is 2.50 bits per heavy atom. The van der Waals surface area contributed by atoms with Gasteiger partial charge in [0.1, 0.15) is 5.82 Å². The van der Waals surface area contributed by atoms with Gasteiger partial charge in [-0.2, -0.15) is 0 Å². The van der Waals surface area contributed by atoms with Crippen LogP contribution in [0.25, 0.3) is 0 Å².